The Kier molecular flexibility index (Phi) is 3.32. The van der Waals surface area contributed by atoms with Crippen molar-refractivity contribution in [1.29, 1.82) is 0 Å². The van der Waals surface area contributed by atoms with Gasteiger partial charge in [0, 0.05) is 36.8 Å². The Hall–Kier alpha value is -0.980. The second kappa shape index (κ2) is 4.95. The number of aromatic nitrogens is 3. The molecule has 3 rings (SSSR count). The minimum absolute atomic E-state index is 0.840. The van der Waals surface area contributed by atoms with E-state index in [2.05, 4.69) is 42.9 Å². The zero-order chi connectivity index (χ0) is 12.5. The number of nitrogens with zero attached hydrogens (tertiary/aromatic N) is 5. The molecule has 1 fully saturated rings. The Morgan fingerprint density at radius 3 is 2.83 bits per heavy atom. The van der Waals surface area contributed by atoms with E-state index < -0.39 is 0 Å². The molecular formula is C12H16BrN5. The van der Waals surface area contributed by atoms with Crippen molar-refractivity contribution < 1.29 is 0 Å². The quantitative estimate of drug-likeness (QED) is 0.836. The third-order valence-electron chi connectivity index (χ3n) is 3.30. The van der Waals surface area contributed by atoms with E-state index in [1.807, 2.05) is 22.8 Å². The fraction of sp³-hybridized carbons (Fsp3) is 0.500. The summed E-state index contributed by atoms with van der Waals surface area (Å²) in [5.74, 6) is 0.901. The van der Waals surface area contributed by atoms with Gasteiger partial charge in [0.1, 0.15) is 0 Å². The molecule has 0 aliphatic carbocycles. The van der Waals surface area contributed by atoms with Gasteiger partial charge in [-0.25, -0.2) is 9.50 Å². The Morgan fingerprint density at radius 1 is 1.28 bits per heavy atom. The van der Waals surface area contributed by atoms with Crippen molar-refractivity contribution in [3.63, 3.8) is 0 Å². The maximum atomic E-state index is 4.55. The lowest BCUT2D eigenvalue weighted by atomic mass is 10.3. The molecule has 0 amide bonds. The molecule has 5 nitrogen and oxygen atoms in total. The molecule has 0 bridgehead atoms. The van der Waals surface area contributed by atoms with Crippen LogP contribution in [0.25, 0.3) is 5.65 Å². The molecule has 6 heteroatoms. The van der Waals surface area contributed by atoms with Gasteiger partial charge in [-0.3, -0.25) is 4.90 Å². The fourth-order valence-corrected chi connectivity index (χ4v) is 2.50. The molecule has 1 aliphatic heterocycles. The third kappa shape index (κ3) is 2.55. The van der Waals surface area contributed by atoms with Crippen LogP contribution in [-0.2, 0) is 6.54 Å². The maximum Gasteiger partial charge on any atom is 0.165 e. The highest BCUT2D eigenvalue weighted by molar-refractivity contribution is 9.10. The van der Waals surface area contributed by atoms with Crippen molar-refractivity contribution in [2.24, 2.45) is 0 Å². The van der Waals surface area contributed by atoms with Crippen molar-refractivity contribution in [1.82, 2.24) is 24.4 Å². The van der Waals surface area contributed by atoms with E-state index in [9.17, 15) is 0 Å². The van der Waals surface area contributed by atoms with E-state index in [4.69, 9.17) is 0 Å². The molecule has 0 aromatic carbocycles. The van der Waals surface area contributed by atoms with Crippen LogP contribution in [0.3, 0.4) is 0 Å². The minimum Gasteiger partial charge on any atom is -0.304 e. The molecule has 0 radical (unpaired) electrons. The lowest BCUT2D eigenvalue weighted by Crippen LogP contribution is -2.44. The number of fused-ring (bicyclic) bond motifs is 1. The molecule has 3 heterocycles. The number of piperazine rings is 1. The predicted octanol–water partition coefficient (Wildman–Crippen LogP) is 1.24. The SMILES string of the molecule is CN1CCN(Cc2nc3cc(Br)ccn3n2)CC1. The lowest BCUT2D eigenvalue weighted by Gasteiger charge is -2.31. The standard InChI is InChI=1S/C12H16BrN5/c1-16-4-6-17(7-5-16)9-11-14-12-8-10(13)2-3-18(12)15-11/h2-3,8H,4-7,9H2,1H3. The summed E-state index contributed by atoms with van der Waals surface area (Å²) in [7, 11) is 2.16. The Balaban J connectivity index is 1.74. The fourth-order valence-electron chi connectivity index (χ4n) is 2.18. The Bertz CT molecular complexity index is 544. The molecule has 0 atom stereocenters. The monoisotopic (exact) mass is 309 g/mol. The smallest absolute Gasteiger partial charge is 0.165 e. The van der Waals surface area contributed by atoms with Crippen molar-refractivity contribution in [2.75, 3.05) is 33.2 Å². The highest BCUT2D eigenvalue weighted by Gasteiger charge is 2.15. The highest BCUT2D eigenvalue weighted by atomic mass is 79.9. The second-order valence-electron chi connectivity index (χ2n) is 4.76. The largest absolute Gasteiger partial charge is 0.304 e. The second-order valence-corrected chi connectivity index (χ2v) is 5.67. The van der Waals surface area contributed by atoms with E-state index in [0.717, 1.165) is 48.7 Å². The van der Waals surface area contributed by atoms with Gasteiger partial charge in [0.15, 0.2) is 11.5 Å². The average Bonchev–Trinajstić information content (AvgIpc) is 2.73. The van der Waals surface area contributed by atoms with Crippen molar-refractivity contribution in [3.05, 3.63) is 28.6 Å². The summed E-state index contributed by atoms with van der Waals surface area (Å²) in [6.07, 6.45) is 1.93. The summed E-state index contributed by atoms with van der Waals surface area (Å²) in [4.78, 5) is 9.31. The number of rotatable bonds is 2. The zero-order valence-electron chi connectivity index (χ0n) is 10.4. The van der Waals surface area contributed by atoms with Gasteiger partial charge in [0.2, 0.25) is 0 Å². The molecule has 2 aromatic rings. The molecular weight excluding hydrogens is 294 g/mol. The molecule has 2 aromatic heterocycles. The average molecular weight is 310 g/mol. The summed E-state index contributed by atoms with van der Waals surface area (Å²) in [6, 6.07) is 3.96. The van der Waals surface area contributed by atoms with Crippen LogP contribution in [0.1, 0.15) is 5.82 Å². The molecule has 0 saturated carbocycles. The van der Waals surface area contributed by atoms with Gasteiger partial charge in [0.05, 0.1) is 6.54 Å². The third-order valence-corrected chi connectivity index (χ3v) is 3.80. The van der Waals surface area contributed by atoms with Crippen LogP contribution < -0.4 is 0 Å². The minimum atomic E-state index is 0.840. The highest BCUT2D eigenvalue weighted by Crippen LogP contribution is 2.12. The van der Waals surface area contributed by atoms with Gasteiger partial charge in [0.25, 0.3) is 0 Å². The molecule has 18 heavy (non-hydrogen) atoms. The summed E-state index contributed by atoms with van der Waals surface area (Å²) in [6.45, 7) is 5.27. The lowest BCUT2D eigenvalue weighted by molar-refractivity contribution is 0.145. The first kappa shape index (κ1) is 12.1. The summed E-state index contributed by atoms with van der Waals surface area (Å²) in [5.41, 5.74) is 0.897. The number of pyridine rings is 1. The molecule has 1 aliphatic rings. The van der Waals surface area contributed by atoms with Gasteiger partial charge in [-0.1, -0.05) is 15.9 Å². The summed E-state index contributed by atoms with van der Waals surface area (Å²) in [5, 5.41) is 4.50. The van der Waals surface area contributed by atoms with Crippen molar-refractivity contribution in [2.45, 2.75) is 6.54 Å². The maximum absolute atomic E-state index is 4.55. The first-order chi connectivity index (χ1) is 8.70. The molecule has 96 valence electrons. The van der Waals surface area contributed by atoms with Crippen LogP contribution in [0, 0.1) is 0 Å². The number of halogens is 1. The zero-order valence-corrected chi connectivity index (χ0v) is 12.0. The van der Waals surface area contributed by atoms with Gasteiger partial charge < -0.3 is 4.90 Å². The number of hydrogen-bond acceptors (Lipinski definition) is 4. The van der Waals surface area contributed by atoms with Crippen LogP contribution >= 0.6 is 15.9 Å². The van der Waals surface area contributed by atoms with E-state index in [-0.39, 0.29) is 0 Å². The van der Waals surface area contributed by atoms with Crippen LogP contribution in [0.2, 0.25) is 0 Å². The first-order valence-corrected chi connectivity index (χ1v) is 6.92. The first-order valence-electron chi connectivity index (χ1n) is 6.12. The van der Waals surface area contributed by atoms with Crippen LogP contribution in [0.15, 0.2) is 22.8 Å². The Morgan fingerprint density at radius 2 is 2.06 bits per heavy atom. The van der Waals surface area contributed by atoms with E-state index in [0.29, 0.717) is 0 Å². The van der Waals surface area contributed by atoms with E-state index >= 15 is 0 Å². The summed E-state index contributed by atoms with van der Waals surface area (Å²) >= 11 is 3.45. The van der Waals surface area contributed by atoms with Crippen LogP contribution in [-0.4, -0.2) is 57.6 Å². The van der Waals surface area contributed by atoms with Crippen molar-refractivity contribution in [3.8, 4) is 0 Å². The molecule has 0 N–H and O–H groups in total. The summed E-state index contributed by atoms with van der Waals surface area (Å²) < 4.78 is 2.87. The molecule has 1 saturated heterocycles. The molecule has 0 spiro atoms. The van der Waals surface area contributed by atoms with Gasteiger partial charge in [-0.15, -0.1) is 5.10 Å². The molecule has 0 unspecified atom stereocenters. The predicted molar refractivity (Wildman–Crippen MR) is 73.5 cm³/mol. The van der Waals surface area contributed by atoms with Gasteiger partial charge >= 0.3 is 0 Å². The number of hydrogen-bond donors (Lipinski definition) is 0. The normalized spacial score (nSPS) is 18.6. The topological polar surface area (TPSA) is 36.7 Å². The van der Waals surface area contributed by atoms with E-state index in [1.165, 1.54) is 0 Å². The number of likely N-dealkylation sites (N-methyl/N-ethyl adjacent to an activating group) is 1. The van der Waals surface area contributed by atoms with Crippen LogP contribution in [0.5, 0.6) is 0 Å². The van der Waals surface area contributed by atoms with Crippen molar-refractivity contribution >= 4 is 21.6 Å². The van der Waals surface area contributed by atoms with E-state index in [1.54, 1.807) is 0 Å². The van der Waals surface area contributed by atoms with Crippen LogP contribution in [0.4, 0.5) is 0 Å². The Labute approximate surface area is 115 Å². The van der Waals surface area contributed by atoms with Gasteiger partial charge in [-0.05, 0) is 19.2 Å². The van der Waals surface area contributed by atoms with Gasteiger partial charge in [-0.2, -0.15) is 0 Å².